The second-order valence-corrected chi connectivity index (χ2v) is 8.54. The molecule has 1 atom stereocenters. The first-order chi connectivity index (χ1) is 18.1. The van der Waals surface area contributed by atoms with E-state index >= 15 is 0 Å². The summed E-state index contributed by atoms with van der Waals surface area (Å²) in [5.41, 5.74) is 6.94. The van der Waals surface area contributed by atoms with Gasteiger partial charge in [0.15, 0.2) is 0 Å². The van der Waals surface area contributed by atoms with Gasteiger partial charge in [0.05, 0.1) is 22.5 Å². The van der Waals surface area contributed by atoms with Crippen molar-refractivity contribution in [2.45, 2.75) is 25.5 Å². The lowest BCUT2D eigenvalue weighted by atomic mass is 10.0. The first kappa shape index (κ1) is 24.1. The van der Waals surface area contributed by atoms with E-state index < -0.39 is 5.91 Å². The molecule has 1 aromatic carbocycles. The molecule has 1 aliphatic rings. The van der Waals surface area contributed by atoms with Gasteiger partial charge in [0.1, 0.15) is 12.6 Å². The number of hydrogen-bond acceptors (Lipinski definition) is 8. The van der Waals surface area contributed by atoms with Crippen molar-refractivity contribution in [2.24, 2.45) is 5.84 Å². The highest BCUT2D eigenvalue weighted by Crippen LogP contribution is 2.24. The van der Waals surface area contributed by atoms with Gasteiger partial charge < -0.3 is 10.1 Å². The molecule has 9 heteroatoms. The molecular formula is C28H24N6O3. The van der Waals surface area contributed by atoms with Crippen LogP contribution in [0.2, 0.25) is 0 Å². The largest absolute Gasteiger partial charge is 0.458 e. The smallest absolute Gasteiger partial charge is 0.323 e. The number of nitrogens with one attached hydrogen (secondary N) is 2. The number of esters is 1. The van der Waals surface area contributed by atoms with Crippen molar-refractivity contribution in [3.8, 4) is 23.1 Å². The summed E-state index contributed by atoms with van der Waals surface area (Å²) >= 11 is 0. The van der Waals surface area contributed by atoms with Crippen LogP contribution in [0.4, 0.5) is 0 Å². The maximum absolute atomic E-state index is 12.3. The maximum Gasteiger partial charge on any atom is 0.323 e. The SMILES string of the molecule is NNC(=O)c1cc(-c2ccc(C#Cc3ccc(COC(=O)[C@H]4CCCN4)nc3)cc2)nc2ccncc12. The number of nitrogens with two attached hydrogens (primary N) is 1. The lowest BCUT2D eigenvalue weighted by Crippen LogP contribution is -2.32. The molecule has 4 heterocycles. The van der Waals surface area contributed by atoms with Crippen LogP contribution in [-0.4, -0.2) is 39.4 Å². The number of nitrogen functional groups attached to an aromatic ring is 1. The summed E-state index contributed by atoms with van der Waals surface area (Å²) in [6, 6.07) is 14.5. The van der Waals surface area contributed by atoms with Gasteiger partial charge >= 0.3 is 5.97 Å². The molecule has 1 amide bonds. The number of aromatic nitrogens is 3. The highest BCUT2D eigenvalue weighted by atomic mass is 16.5. The first-order valence-corrected chi connectivity index (χ1v) is 11.8. The molecule has 37 heavy (non-hydrogen) atoms. The Morgan fingerprint density at radius 3 is 2.62 bits per heavy atom. The molecule has 1 saturated heterocycles. The van der Waals surface area contributed by atoms with Crippen molar-refractivity contribution in [1.82, 2.24) is 25.7 Å². The topological polar surface area (TPSA) is 132 Å². The quantitative estimate of drug-likeness (QED) is 0.127. The lowest BCUT2D eigenvalue weighted by molar-refractivity contribution is -0.147. The van der Waals surface area contributed by atoms with Crippen LogP contribution in [0.5, 0.6) is 0 Å². The van der Waals surface area contributed by atoms with E-state index in [-0.39, 0.29) is 18.6 Å². The van der Waals surface area contributed by atoms with Gasteiger partial charge in [-0.05, 0) is 55.8 Å². The third kappa shape index (κ3) is 5.62. The lowest BCUT2D eigenvalue weighted by Gasteiger charge is -2.09. The standard InChI is InChI=1S/C28H24N6O3/c29-34-27(35)22-14-26(33-24-11-13-30-16-23(22)24)20-8-5-18(6-9-20)3-4-19-7-10-21(32-15-19)17-37-28(36)25-2-1-12-31-25/h5-11,13-16,25,31H,1-2,12,17,29H2,(H,34,35)/t25-/m1/s1. The third-order valence-corrected chi connectivity index (χ3v) is 6.05. The maximum atomic E-state index is 12.3. The van der Waals surface area contributed by atoms with Crippen molar-refractivity contribution in [2.75, 3.05) is 6.54 Å². The number of ether oxygens (including phenoxy) is 1. The van der Waals surface area contributed by atoms with Gasteiger partial charge in [0.25, 0.3) is 5.91 Å². The predicted octanol–water partition coefficient (Wildman–Crippen LogP) is 2.49. The van der Waals surface area contributed by atoms with Crippen molar-refractivity contribution in [1.29, 1.82) is 0 Å². The molecule has 0 unspecified atom stereocenters. The van der Waals surface area contributed by atoms with E-state index in [1.807, 2.05) is 30.3 Å². The van der Waals surface area contributed by atoms with E-state index in [4.69, 9.17) is 10.6 Å². The Bertz CT molecular complexity index is 1500. The highest BCUT2D eigenvalue weighted by Gasteiger charge is 2.23. The van der Waals surface area contributed by atoms with Crippen LogP contribution in [0.25, 0.3) is 22.2 Å². The number of hydrogen-bond donors (Lipinski definition) is 3. The molecule has 0 radical (unpaired) electrons. The number of carbonyl (C=O) groups is 2. The van der Waals surface area contributed by atoms with Crippen molar-refractivity contribution in [3.63, 3.8) is 0 Å². The molecule has 3 aromatic heterocycles. The van der Waals surface area contributed by atoms with Crippen molar-refractivity contribution < 1.29 is 14.3 Å². The summed E-state index contributed by atoms with van der Waals surface area (Å²) in [5, 5.41) is 3.75. The molecule has 0 bridgehead atoms. The number of pyridine rings is 3. The third-order valence-electron chi connectivity index (χ3n) is 6.05. The number of benzene rings is 1. The van der Waals surface area contributed by atoms with Crippen LogP contribution >= 0.6 is 0 Å². The van der Waals surface area contributed by atoms with Crippen LogP contribution in [0.15, 0.2) is 67.1 Å². The summed E-state index contributed by atoms with van der Waals surface area (Å²) in [4.78, 5) is 37.4. The summed E-state index contributed by atoms with van der Waals surface area (Å²) < 4.78 is 5.34. The number of rotatable bonds is 5. The monoisotopic (exact) mass is 492 g/mol. The van der Waals surface area contributed by atoms with Crippen LogP contribution < -0.4 is 16.6 Å². The van der Waals surface area contributed by atoms with Gasteiger partial charge in [0, 0.05) is 40.7 Å². The zero-order valence-electron chi connectivity index (χ0n) is 19.9. The molecule has 9 nitrogen and oxygen atoms in total. The van der Waals surface area contributed by atoms with Crippen LogP contribution in [-0.2, 0) is 16.1 Å². The van der Waals surface area contributed by atoms with Gasteiger partial charge in [-0.3, -0.25) is 25.0 Å². The first-order valence-electron chi connectivity index (χ1n) is 11.8. The van der Waals surface area contributed by atoms with E-state index in [0.29, 0.717) is 27.9 Å². The fourth-order valence-electron chi connectivity index (χ4n) is 4.07. The Morgan fingerprint density at radius 2 is 1.89 bits per heavy atom. The fraction of sp³-hybridized carbons (Fsp3) is 0.179. The summed E-state index contributed by atoms with van der Waals surface area (Å²) in [6.45, 7) is 0.987. The molecule has 4 N–H and O–H groups in total. The molecule has 4 aromatic rings. The van der Waals surface area contributed by atoms with E-state index in [1.165, 1.54) is 0 Å². The fourth-order valence-corrected chi connectivity index (χ4v) is 4.07. The summed E-state index contributed by atoms with van der Waals surface area (Å²) in [5.74, 6) is 10.9. The summed E-state index contributed by atoms with van der Waals surface area (Å²) in [7, 11) is 0. The number of nitrogens with zero attached hydrogens (tertiary/aromatic N) is 3. The van der Waals surface area contributed by atoms with Gasteiger partial charge in [-0.2, -0.15) is 0 Å². The molecule has 5 rings (SSSR count). The van der Waals surface area contributed by atoms with E-state index in [9.17, 15) is 9.59 Å². The predicted molar refractivity (Wildman–Crippen MR) is 138 cm³/mol. The second-order valence-electron chi connectivity index (χ2n) is 8.54. The number of fused-ring (bicyclic) bond motifs is 1. The van der Waals surface area contributed by atoms with Crippen molar-refractivity contribution in [3.05, 3.63) is 89.5 Å². The Morgan fingerprint density at radius 1 is 1.08 bits per heavy atom. The molecule has 0 saturated carbocycles. The van der Waals surface area contributed by atoms with E-state index in [0.717, 1.165) is 36.1 Å². The normalized spacial score (nSPS) is 14.6. The van der Waals surface area contributed by atoms with Gasteiger partial charge in [-0.15, -0.1) is 0 Å². The molecular weight excluding hydrogens is 468 g/mol. The van der Waals surface area contributed by atoms with E-state index in [1.54, 1.807) is 36.8 Å². The summed E-state index contributed by atoms with van der Waals surface area (Å²) in [6.07, 6.45) is 6.68. The number of hydrazine groups is 1. The average molecular weight is 493 g/mol. The van der Waals surface area contributed by atoms with Crippen LogP contribution in [0.3, 0.4) is 0 Å². The Balaban J connectivity index is 1.27. The zero-order valence-corrected chi connectivity index (χ0v) is 19.9. The minimum Gasteiger partial charge on any atom is -0.458 e. The average Bonchev–Trinajstić information content (AvgIpc) is 3.50. The van der Waals surface area contributed by atoms with Crippen molar-refractivity contribution >= 4 is 22.8 Å². The molecule has 184 valence electrons. The molecule has 1 aliphatic heterocycles. The van der Waals surface area contributed by atoms with E-state index in [2.05, 4.69) is 37.5 Å². The molecule has 0 spiro atoms. The Hall–Kier alpha value is -4.65. The van der Waals surface area contributed by atoms with Gasteiger partial charge in [0.2, 0.25) is 0 Å². The minimum atomic E-state index is -0.409. The minimum absolute atomic E-state index is 0.139. The number of carbonyl (C=O) groups excluding carboxylic acids is 2. The van der Waals surface area contributed by atoms with Crippen LogP contribution in [0.1, 0.15) is 40.0 Å². The highest BCUT2D eigenvalue weighted by molar-refractivity contribution is 6.06. The number of amides is 1. The zero-order chi connectivity index (χ0) is 25.6. The van der Waals surface area contributed by atoms with Gasteiger partial charge in [-0.1, -0.05) is 24.0 Å². The Labute approximate surface area is 213 Å². The Kier molecular flexibility index (Phi) is 7.12. The molecule has 1 fully saturated rings. The molecule has 0 aliphatic carbocycles. The van der Waals surface area contributed by atoms with Gasteiger partial charge in [-0.25, -0.2) is 10.8 Å². The second kappa shape index (κ2) is 11.0. The van der Waals surface area contributed by atoms with Crippen LogP contribution in [0, 0.1) is 11.8 Å².